The molecule has 4 heteroatoms. The Hall–Kier alpha value is -5.74. The van der Waals surface area contributed by atoms with Crippen LogP contribution in [0.3, 0.4) is 0 Å². The summed E-state index contributed by atoms with van der Waals surface area (Å²) in [5.74, 6) is 1.94. The van der Waals surface area contributed by atoms with E-state index in [1.54, 1.807) is 0 Å². The molecule has 0 aliphatic carbocycles. The first-order chi connectivity index (χ1) is 20.8. The largest absolute Gasteiger partial charge is 0.247 e. The van der Waals surface area contributed by atoms with Gasteiger partial charge in [0.1, 0.15) is 0 Å². The smallest absolute Gasteiger partial charge is 0.164 e. The SMILES string of the molecule is c1ccc(-c2nc(-c3ccccc3)nc(-c3cccc(-c4cc5cc6ccccc6nc5c5ccccc45)c3)n2)cc1. The number of fused-ring (bicyclic) bond motifs is 4. The van der Waals surface area contributed by atoms with E-state index < -0.39 is 0 Å². The van der Waals surface area contributed by atoms with Crippen molar-refractivity contribution in [1.82, 2.24) is 19.9 Å². The van der Waals surface area contributed by atoms with E-state index in [-0.39, 0.29) is 0 Å². The Morgan fingerprint density at radius 1 is 0.333 bits per heavy atom. The Labute approximate surface area is 243 Å². The lowest BCUT2D eigenvalue weighted by Crippen LogP contribution is -2.00. The average molecular weight is 537 g/mol. The predicted molar refractivity (Wildman–Crippen MR) is 172 cm³/mol. The van der Waals surface area contributed by atoms with Crippen LogP contribution in [-0.2, 0) is 0 Å². The van der Waals surface area contributed by atoms with Gasteiger partial charge in [0.15, 0.2) is 17.5 Å². The summed E-state index contributed by atoms with van der Waals surface area (Å²) in [5, 5.41) is 4.55. The fourth-order valence-corrected chi connectivity index (χ4v) is 5.62. The van der Waals surface area contributed by atoms with Crippen LogP contribution >= 0.6 is 0 Å². The third kappa shape index (κ3) is 4.27. The second kappa shape index (κ2) is 10.0. The molecule has 0 amide bonds. The van der Waals surface area contributed by atoms with Crippen LogP contribution in [0.2, 0.25) is 0 Å². The van der Waals surface area contributed by atoms with E-state index in [0.717, 1.165) is 60.4 Å². The summed E-state index contributed by atoms with van der Waals surface area (Å²) in [7, 11) is 0. The second-order valence-corrected chi connectivity index (χ2v) is 10.3. The van der Waals surface area contributed by atoms with Crippen LogP contribution < -0.4 is 0 Å². The second-order valence-electron chi connectivity index (χ2n) is 10.3. The predicted octanol–water partition coefficient (Wildman–Crippen LogP) is 9.39. The standard InChI is InChI=1S/C38H24N4/c1-3-12-25(13-4-1)36-40-37(26-14-5-2-6-15-26)42-38(41-36)29-18-11-17-27(22-29)33-24-30-23-28-16-7-10-21-34(28)39-35(30)32-20-9-8-19-31(32)33/h1-24H. The van der Waals surface area contributed by atoms with Crippen LogP contribution in [0.15, 0.2) is 146 Å². The van der Waals surface area contributed by atoms with E-state index in [0.29, 0.717) is 17.5 Å². The Morgan fingerprint density at radius 3 is 1.60 bits per heavy atom. The van der Waals surface area contributed by atoms with Crippen LogP contribution in [0.25, 0.3) is 77.9 Å². The number of pyridine rings is 1. The summed E-state index contributed by atoms with van der Waals surface area (Å²) >= 11 is 0. The Morgan fingerprint density at radius 2 is 0.881 bits per heavy atom. The highest BCUT2D eigenvalue weighted by Gasteiger charge is 2.15. The number of benzene rings is 6. The molecule has 0 unspecified atom stereocenters. The van der Waals surface area contributed by atoms with Gasteiger partial charge in [-0.15, -0.1) is 0 Å². The first-order valence-electron chi connectivity index (χ1n) is 14.0. The van der Waals surface area contributed by atoms with Gasteiger partial charge in [-0.25, -0.2) is 19.9 Å². The average Bonchev–Trinajstić information content (AvgIpc) is 3.08. The molecule has 6 aromatic carbocycles. The quantitative estimate of drug-likeness (QED) is 0.166. The van der Waals surface area contributed by atoms with Gasteiger partial charge in [-0.1, -0.05) is 121 Å². The molecule has 8 aromatic rings. The van der Waals surface area contributed by atoms with Crippen molar-refractivity contribution in [1.29, 1.82) is 0 Å². The Balaban J connectivity index is 1.33. The fraction of sp³-hybridized carbons (Fsp3) is 0. The van der Waals surface area contributed by atoms with E-state index in [1.165, 1.54) is 0 Å². The van der Waals surface area contributed by atoms with E-state index in [1.807, 2.05) is 66.7 Å². The zero-order valence-corrected chi connectivity index (χ0v) is 22.6. The van der Waals surface area contributed by atoms with Crippen LogP contribution in [-0.4, -0.2) is 19.9 Å². The molecule has 0 atom stereocenters. The lowest BCUT2D eigenvalue weighted by molar-refractivity contribution is 1.07. The van der Waals surface area contributed by atoms with Gasteiger partial charge in [-0.05, 0) is 40.8 Å². The molecule has 2 heterocycles. The molecule has 42 heavy (non-hydrogen) atoms. The van der Waals surface area contributed by atoms with Gasteiger partial charge in [-0.2, -0.15) is 0 Å². The highest BCUT2D eigenvalue weighted by Crippen LogP contribution is 2.37. The highest BCUT2D eigenvalue weighted by atomic mass is 15.0. The minimum absolute atomic E-state index is 0.641. The zero-order chi connectivity index (χ0) is 27.9. The van der Waals surface area contributed by atoms with E-state index in [2.05, 4.69) is 78.9 Å². The van der Waals surface area contributed by atoms with E-state index >= 15 is 0 Å². The molecule has 0 saturated carbocycles. The normalized spacial score (nSPS) is 11.3. The molecule has 8 rings (SSSR count). The maximum Gasteiger partial charge on any atom is 0.164 e. The molecule has 4 nitrogen and oxygen atoms in total. The molecule has 0 fully saturated rings. The topological polar surface area (TPSA) is 51.6 Å². The molecule has 0 N–H and O–H groups in total. The number of para-hydroxylation sites is 1. The summed E-state index contributed by atoms with van der Waals surface area (Å²) in [5.41, 5.74) is 7.11. The van der Waals surface area contributed by atoms with E-state index in [4.69, 9.17) is 19.9 Å². The van der Waals surface area contributed by atoms with Gasteiger partial charge >= 0.3 is 0 Å². The van der Waals surface area contributed by atoms with Crippen molar-refractivity contribution >= 4 is 32.6 Å². The monoisotopic (exact) mass is 536 g/mol. The first kappa shape index (κ1) is 24.1. The summed E-state index contributed by atoms with van der Waals surface area (Å²) in [6.45, 7) is 0. The van der Waals surface area contributed by atoms with Gasteiger partial charge in [0.25, 0.3) is 0 Å². The lowest BCUT2D eigenvalue weighted by atomic mass is 9.94. The summed E-state index contributed by atoms with van der Waals surface area (Å²) in [6, 6.07) is 49.9. The van der Waals surface area contributed by atoms with Crippen molar-refractivity contribution in [3.8, 4) is 45.3 Å². The van der Waals surface area contributed by atoms with Gasteiger partial charge in [0.2, 0.25) is 0 Å². The maximum absolute atomic E-state index is 5.06. The summed E-state index contributed by atoms with van der Waals surface area (Å²) in [6.07, 6.45) is 0. The first-order valence-corrected chi connectivity index (χ1v) is 14.0. The van der Waals surface area contributed by atoms with Crippen molar-refractivity contribution in [3.63, 3.8) is 0 Å². The number of aromatic nitrogens is 4. The van der Waals surface area contributed by atoms with Crippen LogP contribution in [0.4, 0.5) is 0 Å². The molecular weight excluding hydrogens is 512 g/mol. The fourth-order valence-electron chi connectivity index (χ4n) is 5.62. The number of nitrogens with zero attached hydrogens (tertiary/aromatic N) is 4. The molecule has 0 aliphatic heterocycles. The minimum atomic E-state index is 0.641. The molecule has 0 bridgehead atoms. The summed E-state index contributed by atoms with van der Waals surface area (Å²) < 4.78 is 0. The third-order valence-corrected chi connectivity index (χ3v) is 7.66. The highest BCUT2D eigenvalue weighted by molar-refractivity contribution is 6.14. The maximum atomic E-state index is 5.06. The van der Waals surface area contributed by atoms with Crippen molar-refractivity contribution in [2.24, 2.45) is 0 Å². The molecule has 0 aliphatic rings. The van der Waals surface area contributed by atoms with Crippen molar-refractivity contribution in [3.05, 3.63) is 146 Å². The van der Waals surface area contributed by atoms with Gasteiger partial charge < -0.3 is 0 Å². The van der Waals surface area contributed by atoms with Gasteiger partial charge in [0, 0.05) is 32.8 Å². The van der Waals surface area contributed by atoms with Crippen LogP contribution in [0, 0.1) is 0 Å². The minimum Gasteiger partial charge on any atom is -0.247 e. The molecular formula is C38H24N4. The number of hydrogen-bond acceptors (Lipinski definition) is 4. The molecule has 0 spiro atoms. The molecule has 0 radical (unpaired) electrons. The Kier molecular flexibility index (Phi) is 5.75. The van der Waals surface area contributed by atoms with Crippen LogP contribution in [0.1, 0.15) is 0 Å². The van der Waals surface area contributed by atoms with Crippen molar-refractivity contribution in [2.75, 3.05) is 0 Å². The molecule has 0 saturated heterocycles. The lowest BCUT2D eigenvalue weighted by Gasteiger charge is -2.13. The van der Waals surface area contributed by atoms with Crippen molar-refractivity contribution < 1.29 is 0 Å². The third-order valence-electron chi connectivity index (χ3n) is 7.66. The van der Waals surface area contributed by atoms with Gasteiger partial charge in [-0.3, -0.25) is 0 Å². The number of hydrogen-bond donors (Lipinski definition) is 0. The zero-order valence-electron chi connectivity index (χ0n) is 22.6. The Bertz CT molecular complexity index is 2190. The van der Waals surface area contributed by atoms with Crippen molar-refractivity contribution in [2.45, 2.75) is 0 Å². The molecule has 196 valence electrons. The summed E-state index contributed by atoms with van der Waals surface area (Å²) in [4.78, 5) is 19.8. The molecule has 2 aromatic heterocycles. The number of rotatable bonds is 4. The van der Waals surface area contributed by atoms with Crippen LogP contribution in [0.5, 0.6) is 0 Å². The van der Waals surface area contributed by atoms with Gasteiger partial charge in [0.05, 0.1) is 11.0 Å². The van der Waals surface area contributed by atoms with E-state index in [9.17, 15) is 0 Å².